The molecule has 1 aromatic rings. The fraction of sp³-hybridized carbons (Fsp3) is 0.667. The number of fused-ring (bicyclic) bond motifs is 1. The summed E-state index contributed by atoms with van der Waals surface area (Å²) in [5.41, 5.74) is 0.674. The van der Waals surface area contributed by atoms with Crippen molar-refractivity contribution in [2.75, 3.05) is 32.5 Å². The van der Waals surface area contributed by atoms with Crippen molar-refractivity contribution in [1.82, 2.24) is 14.2 Å². The van der Waals surface area contributed by atoms with Crippen molar-refractivity contribution in [3.8, 4) is 0 Å². The van der Waals surface area contributed by atoms with E-state index in [0.29, 0.717) is 24.8 Å². The fourth-order valence-corrected chi connectivity index (χ4v) is 3.97. The van der Waals surface area contributed by atoms with Gasteiger partial charge in [0.2, 0.25) is 10.0 Å². The number of likely N-dealkylation sites (tertiary alicyclic amines) is 1. The molecule has 0 aromatic carbocycles. The summed E-state index contributed by atoms with van der Waals surface area (Å²) in [5, 5.41) is 0. The van der Waals surface area contributed by atoms with E-state index in [1.807, 2.05) is 34.8 Å². The summed E-state index contributed by atoms with van der Waals surface area (Å²) in [6.45, 7) is 2.25. The Morgan fingerprint density at radius 1 is 1.48 bits per heavy atom. The number of piperidine rings is 1. The molecule has 3 atom stereocenters. The Bertz CT molecular complexity index is 685. The Labute approximate surface area is 136 Å². The summed E-state index contributed by atoms with van der Waals surface area (Å²) in [7, 11) is -1.38. The molecule has 7 nitrogen and oxygen atoms in total. The first-order valence-electron chi connectivity index (χ1n) is 7.82. The van der Waals surface area contributed by atoms with Crippen molar-refractivity contribution < 1.29 is 17.9 Å². The van der Waals surface area contributed by atoms with Gasteiger partial charge in [0, 0.05) is 38.8 Å². The minimum Gasteiger partial charge on any atom is -0.376 e. The Morgan fingerprint density at radius 3 is 2.91 bits per heavy atom. The highest BCUT2D eigenvalue weighted by molar-refractivity contribution is 7.88. The number of amides is 1. The molecule has 23 heavy (non-hydrogen) atoms. The van der Waals surface area contributed by atoms with Gasteiger partial charge in [0.1, 0.15) is 5.69 Å². The predicted octanol–water partition coefficient (Wildman–Crippen LogP) is 0.0514. The zero-order chi connectivity index (χ0) is 16.6. The normalized spacial score (nSPS) is 27.9. The molecular formula is C15H23N3O4S. The lowest BCUT2D eigenvalue weighted by atomic mass is 9.84. The van der Waals surface area contributed by atoms with Crippen LogP contribution in [-0.4, -0.2) is 62.4 Å². The van der Waals surface area contributed by atoms with Crippen LogP contribution in [0.2, 0.25) is 0 Å². The molecule has 0 saturated carbocycles. The topological polar surface area (TPSA) is 80.6 Å². The van der Waals surface area contributed by atoms with Gasteiger partial charge in [-0.05, 0) is 24.5 Å². The molecule has 0 aliphatic carbocycles. The predicted molar refractivity (Wildman–Crippen MR) is 85.5 cm³/mol. The molecule has 1 aromatic heterocycles. The number of carbonyl (C=O) groups excluding carboxylic acids is 1. The molecular weight excluding hydrogens is 318 g/mol. The third-order valence-corrected chi connectivity index (χ3v) is 5.50. The molecule has 2 aliphatic rings. The molecule has 8 heteroatoms. The first kappa shape index (κ1) is 16.5. The first-order chi connectivity index (χ1) is 10.8. The quantitative estimate of drug-likeness (QED) is 0.839. The van der Waals surface area contributed by atoms with Crippen LogP contribution in [0.3, 0.4) is 0 Å². The van der Waals surface area contributed by atoms with Crippen LogP contribution in [0.5, 0.6) is 0 Å². The molecule has 1 N–H and O–H groups in total. The number of hydrogen-bond donors (Lipinski definition) is 1. The smallest absolute Gasteiger partial charge is 0.270 e. The maximum Gasteiger partial charge on any atom is 0.270 e. The van der Waals surface area contributed by atoms with Gasteiger partial charge in [0.25, 0.3) is 5.91 Å². The molecule has 0 unspecified atom stereocenters. The van der Waals surface area contributed by atoms with Gasteiger partial charge in [-0.15, -0.1) is 0 Å². The second-order valence-electron chi connectivity index (χ2n) is 6.46. The number of aryl methyl sites for hydroxylation is 1. The van der Waals surface area contributed by atoms with E-state index >= 15 is 0 Å². The van der Waals surface area contributed by atoms with E-state index in [1.54, 1.807) is 0 Å². The van der Waals surface area contributed by atoms with Crippen LogP contribution in [0, 0.1) is 11.8 Å². The maximum absolute atomic E-state index is 12.6. The second kappa shape index (κ2) is 6.26. The average Bonchev–Trinajstić information content (AvgIpc) is 3.09. The molecule has 128 valence electrons. The molecule has 2 aliphatic heterocycles. The SMILES string of the molecule is Cn1cccc1C(=O)N1CC[C@@H]2CO[C@@H](CNS(C)(=O)=O)[C@@H]2C1. The number of aromatic nitrogens is 1. The summed E-state index contributed by atoms with van der Waals surface area (Å²) in [5.74, 6) is 0.610. The second-order valence-corrected chi connectivity index (χ2v) is 8.29. The summed E-state index contributed by atoms with van der Waals surface area (Å²) < 4.78 is 32.7. The number of ether oxygens (including phenoxy) is 1. The summed E-state index contributed by atoms with van der Waals surface area (Å²) in [4.78, 5) is 14.5. The third-order valence-electron chi connectivity index (χ3n) is 4.81. The number of nitrogens with one attached hydrogen (secondary N) is 1. The van der Waals surface area contributed by atoms with Crippen LogP contribution in [0.4, 0.5) is 0 Å². The lowest BCUT2D eigenvalue weighted by Gasteiger charge is -2.36. The number of nitrogens with zero attached hydrogens (tertiary/aromatic N) is 2. The van der Waals surface area contributed by atoms with Gasteiger partial charge < -0.3 is 14.2 Å². The zero-order valence-electron chi connectivity index (χ0n) is 13.4. The number of hydrogen-bond acceptors (Lipinski definition) is 4. The first-order valence-corrected chi connectivity index (χ1v) is 9.71. The van der Waals surface area contributed by atoms with Crippen LogP contribution in [-0.2, 0) is 21.8 Å². The molecule has 0 bridgehead atoms. The Kier molecular flexibility index (Phi) is 4.48. The number of sulfonamides is 1. The van der Waals surface area contributed by atoms with Crippen molar-refractivity contribution in [2.24, 2.45) is 18.9 Å². The Balaban J connectivity index is 1.67. The van der Waals surface area contributed by atoms with Crippen molar-refractivity contribution in [2.45, 2.75) is 12.5 Å². The van der Waals surface area contributed by atoms with Gasteiger partial charge in [-0.3, -0.25) is 4.79 Å². The van der Waals surface area contributed by atoms with Crippen molar-refractivity contribution in [3.05, 3.63) is 24.0 Å². The molecule has 0 spiro atoms. The summed E-state index contributed by atoms with van der Waals surface area (Å²) in [6.07, 6.45) is 3.73. The molecule has 1 amide bonds. The van der Waals surface area contributed by atoms with Crippen molar-refractivity contribution in [1.29, 1.82) is 0 Å². The minimum atomic E-state index is -3.23. The molecule has 3 heterocycles. The molecule has 3 rings (SSSR count). The van der Waals surface area contributed by atoms with Crippen LogP contribution in [0.15, 0.2) is 18.3 Å². The van der Waals surface area contributed by atoms with E-state index < -0.39 is 10.0 Å². The highest BCUT2D eigenvalue weighted by Crippen LogP contribution is 2.34. The van der Waals surface area contributed by atoms with Gasteiger partial charge in [0.15, 0.2) is 0 Å². The van der Waals surface area contributed by atoms with E-state index in [0.717, 1.165) is 19.2 Å². The highest BCUT2D eigenvalue weighted by atomic mass is 32.2. The molecule has 2 fully saturated rings. The maximum atomic E-state index is 12.6. The standard InChI is InChI=1S/C15H23N3O4S/c1-17-6-3-4-13(17)15(19)18-7-5-11-10-22-14(12(11)9-18)8-16-23(2,20)21/h3-4,6,11-12,14,16H,5,7-10H2,1-2H3/t11-,12-,14+/m1/s1. The largest absolute Gasteiger partial charge is 0.376 e. The lowest BCUT2D eigenvalue weighted by Crippen LogP contribution is -2.47. The van der Waals surface area contributed by atoms with E-state index in [-0.39, 0.29) is 24.5 Å². The summed E-state index contributed by atoms with van der Waals surface area (Å²) in [6, 6.07) is 3.68. The zero-order valence-corrected chi connectivity index (χ0v) is 14.3. The molecule has 2 saturated heterocycles. The van der Waals surface area contributed by atoms with Crippen molar-refractivity contribution >= 4 is 15.9 Å². The number of rotatable bonds is 4. The monoisotopic (exact) mass is 341 g/mol. The van der Waals surface area contributed by atoms with Crippen LogP contribution in [0.25, 0.3) is 0 Å². The van der Waals surface area contributed by atoms with E-state index in [2.05, 4.69) is 4.72 Å². The van der Waals surface area contributed by atoms with Gasteiger partial charge in [-0.1, -0.05) is 0 Å². The number of carbonyl (C=O) groups is 1. The van der Waals surface area contributed by atoms with E-state index in [4.69, 9.17) is 4.74 Å². The van der Waals surface area contributed by atoms with Gasteiger partial charge in [0.05, 0.1) is 19.0 Å². The van der Waals surface area contributed by atoms with Gasteiger partial charge >= 0.3 is 0 Å². The molecule has 0 radical (unpaired) electrons. The van der Waals surface area contributed by atoms with Crippen LogP contribution < -0.4 is 4.72 Å². The summed E-state index contributed by atoms with van der Waals surface area (Å²) >= 11 is 0. The van der Waals surface area contributed by atoms with Gasteiger partial charge in [-0.2, -0.15) is 0 Å². The fourth-order valence-electron chi connectivity index (χ4n) is 3.50. The lowest BCUT2D eigenvalue weighted by molar-refractivity contribution is 0.0555. The average molecular weight is 341 g/mol. The Hall–Kier alpha value is -1.38. The third kappa shape index (κ3) is 3.59. The van der Waals surface area contributed by atoms with E-state index in [9.17, 15) is 13.2 Å². The van der Waals surface area contributed by atoms with Crippen molar-refractivity contribution in [3.63, 3.8) is 0 Å². The highest BCUT2D eigenvalue weighted by Gasteiger charge is 2.42. The van der Waals surface area contributed by atoms with Crippen LogP contribution in [0.1, 0.15) is 16.9 Å². The Morgan fingerprint density at radius 2 is 2.26 bits per heavy atom. The van der Waals surface area contributed by atoms with Crippen LogP contribution >= 0.6 is 0 Å². The van der Waals surface area contributed by atoms with E-state index in [1.165, 1.54) is 0 Å². The minimum absolute atomic E-state index is 0.0256. The van der Waals surface area contributed by atoms with Gasteiger partial charge in [-0.25, -0.2) is 13.1 Å².